The highest BCUT2D eigenvalue weighted by Crippen LogP contribution is 2.25. The molecule has 2 aromatic carbocycles. The number of imide groups is 1. The monoisotopic (exact) mass is 390 g/mol. The van der Waals surface area contributed by atoms with Gasteiger partial charge in [-0.05, 0) is 43.0 Å². The topological polar surface area (TPSA) is 57.7 Å². The molecule has 3 amide bonds. The van der Waals surface area contributed by atoms with Gasteiger partial charge in [0, 0.05) is 25.2 Å². The zero-order valence-electron chi connectivity index (χ0n) is 16.6. The summed E-state index contributed by atoms with van der Waals surface area (Å²) in [4.78, 5) is 41.7. The summed E-state index contributed by atoms with van der Waals surface area (Å²) in [5.41, 5.74) is 2.32. The summed E-state index contributed by atoms with van der Waals surface area (Å²) in [6.07, 6.45) is 6.18. The van der Waals surface area contributed by atoms with Crippen molar-refractivity contribution in [2.75, 3.05) is 19.6 Å². The van der Waals surface area contributed by atoms with Gasteiger partial charge in [0.2, 0.25) is 0 Å². The molecule has 0 atom stereocenters. The minimum Gasteiger partial charge on any atom is -0.339 e. The summed E-state index contributed by atoms with van der Waals surface area (Å²) in [5.74, 6) is -0.618. The molecule has 5 heteroatoms. The van der Waals surface area contributed by atoms with Crippen molar-refractivity contribution in [2.45, 2.75) is 38.5 Å². The lowest BCUT2D eigenvalue weighted by Gasteiger charge is -2.25. The van der Waals surface area contributed by atoms with Crippen molar-refractivity contribution in [2.24, 2.45) is 0 Å². The van der Waals surface area contributed by atoms with E-state index in [1.165, 1.54) is 11.3 Å². The molecule has 2 aromatic rings. The molecule has 0 aromatic heterocycles. The number of fused-ring (bicyclic) bond motifs is 1. The Kier molecular flexibility index (Phi) is 5.74. The maximum absolute atomic E-state index is 13.0. The summed E-state index contributed by atoms with van der Waals surface area (Å²) in [7, 11) is 0. The highest BCUT2D eigenvalue weighted by Gasteiger charge is 2.36. The van der Waals surface area contributed by atoms with E-state index in [4.69, 9.17) is 0 Å². The standard InChI is InChI=1S/C24H26N2O3/c27-22(25-14-7-2-1-3-8-15-25)19-11-12-20-21(17-19)24(29)26(23(20)28)16-13-18-9-5-4-6-10-18/h4-6,9-12,17H,1-3,7-8,13-16H2. The average molecular weight is 390 g/mol. The molecule has 4 rings (SSSR count). The molecule has 1 fully saturated rings. The molecule has 29 heavy (non-hydrogen) atoms. The van der Waals surface area contributed by atoms with Crippen molar-refractivity contribution in [3.63, 3.8) is 0 Å². The Balaban J connectivity index is 1.49. The molecule has 0 unspecified atom stereocenters. The molecule has 0 N–H and O–H groups in total. The van der Waals surface area contributed by atoms with Crippen LogP contribution in [0, 0.1) is 0 Å². The number of carbonyl (C=O) groups is 3. The number of likely N-dealkylation sites (tertiary alicyclic amines) is 1. The summed E-state index contributed by atoms with van der Waals surface area (Å²) < 4.78 is 0. The first-order valence-corrected chi connectivity index (χ1v) is 10.5. The lowest BCUT2D eigenvalue weighted by molar-refractivity contribution is 0.0655. The number of carbonyl (C=O) groups excluding carboxylic acids is 3. The molecular formula is C24H26N2O3. The Morgan fingerprint density at radius 2 is 1.45 bits per heavy atom. The van der Waals surface area contributed by atoms with Gasteiger partial charge in [-0.3, -0.25) is 19.3 Å². The number of rotatable bonds is 4. The third-order valence-corrected chi connectivity index (χ3v) is 5.83. The first-order chi connectivity index (χ1) is 14.1. The van der Waals surface area contributed by atoms with Gasteiger partial charge in [0.1, 0.15) is 0 Å². The molecule has 2 aliphatic heterocycles. The quantitative estimate of drug-likeness (QED) is 0.743. The van der Waals surface area contributed by atoms with Crippen molar-refractivity contribution in [1.82, 2.24) is 9.80 Å². The van der Waals surface area contributed by atoms with Gasteiger partial charge in [-0.25, -0.2) is 0 Å². The Morgan fingerprint density at radius 3 is 2.17 bits per heavy atom. The van der Waals surface area contributed by atoms with Crippen molar-refractivity contribution in [1.29, 1.82) is 0 Å². The number of hydrogen-bond acceptors (Lipinski definition) is 3. The smallest absolute Gasteiger partial charge is 0.261 e. The molecule has 2 heterocycles. The van der Waals surface area contributed by atoms with Crippen molar-refractivity contribution in [3.05, 3.63) is 70.8 Å². The van der Waals surface area contributed by atoms with Gasteiger partial charge in [0.05, 0.1) is 11.1 Å². The second kappa shape index (κ2) is 8.60. The maximum atomic E-state index is 13.0. The Hall–Kier alpha value is -2.95. The molecule has 2 aliphatic rings. The van der Waals surface area contributed by atoms with Crippen LogP contribution in [0.1, 0.15) is 68.7 Å². The van der Waals surface area contributed by atoms with Gasteiger partial charge in [-0.1, -0.05) is 49.6 Å². The van der Waals surface area contributed by atoms with Gasteiger partial charge in [-0.15, -0.1) is 0 Å². The fraction of sp³-hybridized carbons (Fsp3) is 0.375. The second-order valence-corrected chi connectivity index (χ2v) is 7.82. The summed E-state index contributed by atoms with van der Waals surface area (Å²) in [6, 6.07) is 14.7. The van der Waals surface area contributed by atoms with Gasteiger partial charge in [0.25, 0.3) is 17.7 Å². The largest absolute Gasteiger partial charge is 0.339 e. The Bertz CT molecular complexity index is 915. The van der Waals surface area contributed by atoms with Gasteiger partial charge in [-0.2, -0.15) is 0 Å². The van der Waals surface area contributed by atoms with E-state index >= 15 is 0 Å². The molecule has 0 aliphatic carbocycles. The molecule has 150 valence electrons. The molecule has 5 nitrogen and oxygen atoms in total. The zero-order valence-corrected chi connectivity index (χ0v) is 16.6. The predicted molar refractivity (Wildman–Crippen MR) is 111 cm³/mol. The van der Waals surface area contributed by atoms with E-state index in [2.05, 4.69) is 0 Å². The fourth-order valence-corrected chi connectivity index (χ4v) is 4.15. The summed E-state index contributed by atoms with van der Waals surface area (Å²) in [5, 5.41) is 0. The summed E-state index contributed by atoms with van der Waals surface area (Å²) in [6.45, 7) is 1.85. The van der Waals surface area contributed by atoms with E-state index in [1.807, 2.05) is 35.2 Å². The van der Waals surface area contributed by atoms with Crippen molar-refractivity contribution >= 4 is 17.7 Å². The van der Waals surface area contributed by atoms with Crippen molar-refractivity contribution < 1.29 is 14.4 Å². The van der Waals surface area contributed by atoms with Gasteiger partial charge >= 0.3 is 0 Å². The molecule has 0 spiro atoms. The average Bonchev–Trinajstić information content (AvgIpc) is 2.96. The van der Waals surface area contributed by atoms with Crippen LogP contribution < -0.4 is 0 Å². The molecule has 1 saturated heterocycles. The third kappa shape index (κ3) is 4.09. The predicted octanol–water partition coefficient (Wildman–Crippen LogP) is 3.93. The highest BCUT2D eigenvalue weighted by molar-refractivity contribution is 6.22. The second-order valence-electron chi connectivity index (χ2n) is 7.82. The van der Waals surface area contributed by atoms with Crippen LogP contribution in [0.2, 0.25) is 0 Å². The lowest BCUT2D eigenvalue weighted by atomic mass is 10.0. The van der Waals surface area contributed by atoms with Crippen LogP contribution in [0.25, 0.3) is 0 Å². The number of hydrogen-bond donors (Lipinski definition) is 0. The molecule has 0 saturated carbocycles. The maximum Gasteiger partial charge on any atom is 0.261 e. The minimum absolute atomic E-state index is 0.0438. The molecule has 0 radical (unpaired) electrons. The first kappa shape index (κ1) is 19.4. The first-order valence-electron chi connectivity index (χ1n) is 10.5. The van der Waals surface area contributed by atoms with Crippen LogP contribution in [-0.2, 0) is 6.42 Å². The Morgan fingerprint density at radius 1 is 0.793 bits per heavy atom. The van der Waals surface area contributed by atoms with E-state index in [0.717, 1.165) is 44.3 Å². The van der Waals surface area contributed by atoms with Crippen LogP contribution in [0.5, 0.6) is 0 Å². The third-order valence-electron chi connectivity index (χ3n) is 5.83. The van der Waals surface area contributed by atoms with Gasteiger partial charge < -0.3 is 4.90 Å². The molecular weight excluding hydrogens is 364 g/mol. The van der Waals surface area contributed by atoms with Crippen LogP contribution in [-0.4, -0.2) is 47.2 Å². The minimum atomic E-state index is -0.303. The van der Waals surface area contributed by atoms with E-state index < -0.39 is 0 Å². The van der Waals surface area contributed by atoms with Gasteiger partial charge in [0.15, 0.2) is 0 Å². The van der Waals surface area contributed by atoms with Crippen LogP contribution in [0.4, 0.5) is 0 Å². The molecule has 0 bridgehead atoms. The normalized spacial score (nSPS) is 17.1. The van der Waals surface area contributed by atoms with E-state index in [0.29, 0.717) is 29.7 Å². The van der Waals surface area contributed by atoms with E-state index in [-0.39, 0.29) is 17.7 Å². The van der Waals surface area contributed by atoms with Crippen LogP contribution in [0.15, 0.2) is 48.5 Å². The van der Waals surface area contributed by atoms with Crippen LogP contribution >= 0.6 is 0 Å². The van der Waals surface area contributed by atoms with E-state index in [1.54, 1.807) is 18.2 Å². The number of nitrogens with zero attached hydrogens (tertiary/aromatic N) is 2. The lowest BCUT2D eigenvalue weighted by Crippen LogP contribution is -2.34. The van der Waals surface area contributed by atoms with Crippen molar-refractivity contribution in [3.8, 4) is 0 Å². The Labute approximate surface area is 171 Å². The summed E-state index contributed by atoms with van der Waals surface area (Å²) >= 11 is 0. The highest BCUT2D eigenvalue weighted by atomic mass is 16.2. The van der Waals surface area contributed by atoms with E-state index in [9.17, 15) is 14.4 Å². The number of amides is 3. The SMILES string of the molecule is O=C(c1ccc2c(c1)C(=O)N(CCc1ccccc1)C2=O)N1CCCCCCC1. The fourth-order valence-electron chi connectivity index (χ4n) is 4.15. The van der Waals surface area contributed by atoms with Crippen LogP contribution in [0.3, 0.4) is 0 Å². The zero-order chi connectivity index (χ0) is 20.2. The number of benzene rings is 2.